The van der Waals surface area contributed by atoms with Gasteiger partial charge in [-0.2, -0.15) is 18.3 Å². The van der Waals surface area contributed by atoms with Crippen molar-refractivity contribution in [1.29, 1.82) is 0 Å². The van der Waals surface area contributed by atoms with Crippen molar-refractivity contribution in [3.05, 3.63) is 52.7 Å². The molecule has 0 saturated carbocycles. The Balaban J connectivity index is 2.17. The van der Waals surface area contributed by atoms with E-state index in [-0.39, 0.29) is 5.02 Å². The van der Waals surface area contributed by atoms with Crippen molar-refractivity contribution in [1.82, 2.24) is 10.2 Å². The number of alkyl halides is 3. The molecule has 0 atom stereocenters. The van der Waals surface area contributed by atoms with Crippen molar-refractivity contribution in [3.8, 4) is 11.1 Å². The minimum Gasteiger partial charge on any atom is -0.278 e. The molecular formula is C15H10ClF3N2. The van der Waals surface area contributed by atoms with E-state index in [9.17, 15) is 13.2 Å². The highest BCUT2D eigenvalue weighted by Crippen LogP contribution is 2.37. The smallest absolute Gasteiger partial charge is 0.278 e. The highest BCUT2D eigenvalue weighted by atomic mass is 35.5. The molecule has 0 radical (unpaired) electrons. The standard InChI is InChI=1S/C15H10ClF3N2/c1-8-10(4-5-14-12(8)7-20-21-14)11-3-2-9(6-13(11)16)15(17,18)19/h2-7H,1H3,(H,20,21). The Morgan fingerprint density at radius 1 is 1.10 bits per heavy atom. The van der Waals surface area contributed by atoms with Crippen molar-refractivity contribution in [2.75, 3.05) is 0 Å². The van der Waals surface area contributed by atoms with Gasteiger partial charge in [0.15, 0.2) is 0 Å². The molecule has 2 aromatic carbocycles. The summed E-state index contributed by atoms with van der Waals surface area (Å²) in [6.45, 7) is 1.89. The molecule has 0 aliphatic carbocycles. The number of nitrogens with one attached hydrogen (secondary N) is 1. The number of fused-ring (bicyclic) bond motifs is 1. The fourth-order valence-corrected chi connectivity index (χ4v) is 2.64. The SMILES string of the molecule is Cc1c(-c2ccc(C(F)(F)F)cc2Cl)ccc2[nH]ncc12. The van der Waals surface area contributed by atoms with E-state index >= 15 is 0 Å². The van der Waals surface area contributed by atoms with Crippen LogP contribution in [0, 0.1) is 6.92 Å². The number of aromatic nitrogens is 2. The molecule has 0 unspecified atom stereocenters. The number of H-pyrrole nitrogens is 1. The Morgan fingerprint density at radius 2 is 1.81 bits per heavy atom. The van der Waals surface area contributed by atoms with Gasteiger partial charge in [-0.3, -0.25) is 5.10 Å². The lowest BCUT2D eigenvalue weighted by Gasteiger charge is -2.12. The lowest BCUT2D eigenvalue weighted by Crippen LogP contribution is -2.04. The monoisotopic (exact) mass is 310 g/mol. The van der Waals surface area contributed by atoms with E-state index in [0.29, 0.717) is 5.56 Å². The summed E-state index contributed by atoms with van der Waals surface area (Å²) in [4.78, 5) is 0. The number of benzene rings is 2. The fraction of sp³-hybridized carbons (Fsp3) is 0.133. The van der Waals surface area contributed by atoms with Crippen LogP contribution >= 0.6 is 11.6 Å². The molecule has 1 heterocycles. The Labute approximate surface area is 123 Å². The molecule has 3 rings (SSSR count). The summed E-state index contributed by atoms with van der Waals surface area (Å²) in [5.41, 5.74) is 2.41. The van der Waals surface area contributed by atoms with E-state index in [2.05, 4.69) is 10.2 Å². The van der Waals surface area contributed by atoms with Crippen LogP contribution in [0.2, 0.25) is 5.02 Å². The van der Waals surface area contributed by atoms with Gasteiger partial charge in [0.25, 0.3) is 0 Å². The third-order valence-electron chi connectivity index (χ3n) is 3.48. The minimum atomic E-state index is -4.40. The van der Waals surface area contributed by atoms with Crippen LogP contribution in [-0.2, 0) is 6.18 Å². The largest absolute Gasteiger partial charge is 0.416 e. The molecule has 0 bridgehead atoms. The van der Waals surface area contributed by atoms with Gasteiger partial charge in [-0.15, -0.1) is 0 Å². The van der Waals surface area contributed by atoms with Gasteiger partial charge in [-0.05, 0) is 36.2 Å². The molecule has 0 amide bonds. The number of halogens is 4. The molecule has 0 fully saturated rings. The third kappa shape index (κ3) is 2.38. The number of hydrogen-bond donors (Lipinski definition) is 1. The summed E-state index contributed by atoms with van der Waals surface area (Å²) in [7, 11) is 0. The Bertz CT molecular complexity index is 821. The maximum absolute atomic E-state index is 12.7. The van der Waals surface area contributed by atoms with Crippen molar-refractivity contribution in [2.45, 2.75) is 13.1 Å². The van der Waals surface area contributed by atoms with Crippen LogP contribution in [0.4, 0.5) is 13.2 Å². The molecule has 1 aromatic heterocycles. The van der Waals surface area contributed by atoms with Crippen LogP contribution < -0.4 is 0 Å². The molecule has 0 aliphatic rings. The zero-order chi connectivity index (χ0) is 15.2. The lowest BCUT2D eigenvalue weighted by atomic mass is 9.97. The van der Waals surface area contributed by atoms with Crippen molar-refractivity contribution >= 4 is 22.5 Å². The van der Waals surface area contributed by atoms with Crippen LogP contribution in [-0.4, -0.2) is 10.2 Å². The Morgan fingerprint density at radius 3 is 2.48 bits per heavy atom. The Kier molecular flexibility index (Phi) is 3.17. The molecule has 1 N–H and O–H groups in total. The van der Waals surface area contributed by atoms with E-state index in [4.69, 9.17) is 11.6 Å². The molecule has 3 aromatic rings. The van der Waals surface area contributed by atoms with E-state index in [1.807, 2.05) is 19.1 Å². The highest BCUT2D eigenvalue weighted by Gasteiger charge is 2.31. The second kappa shape index (κ2) is 4.77. The summed E-state index contributed by atoms with van der Waals surface area (Å²) in [5.74, 6) is 0. The minimum absolute atomic E-state index is 0.0794. The summed E-state index contributed by atoms with van der Waals surface area (Å²) in [6.07, 6.45) is -2.71. The summed E-state index contributed by atoms with van der Waals surface area (Å²) < 4.78 is 38.0. The van der Waals surface area contributed by atoms with E-state index < -0.39 is 11.7 Å². The zero-order valence-corrected chi connectivity index (χ0v) is 11.7. The summed E-state index contributed by atoms with van der Waals surface area (Å²) in [5, 5.41) is 7.81. The average Bonchev–Trinajstić information content (AvgIpc) is 2.88. The predicted octanol–water partition coefficient (Wildman–Crippen LogP) is 5.21. The molecule has 0 saturated heterocycles. The van der Waals surface area contributed by atoms with Crippen molar-refractivity contribution in [3.63, 3.8) is 0 Å². The zero-order valence-electron chi connectivity index (χ0n) is 10.9. The maximum atomic E-state index is 12.7. The maximum Gasteiger partial charge on any atom is 0.416 e. The first kappa shape index (κ1) is 13.9. The van der Waals surface area contributed by atoms with Crippen molar-refractivity contribution < 1.29 is 13.2 Å². The molecule has 6 heteroatoms. The van der Waals surface area contributed by atoms with Gasteiger partial charge in [0.2, 0.25) is 0 Å². The molecular weight excluding hydrogens is 301 g/mol. The number of nitrogens with zero attached hydrogens (tertiary/aromatic N) is 1. The van der Waals surface area contributed by atoms with Crippen LogP contribution in [0.25, 0.3) is 22.0 Å². The first-order chi connectivity index (χ1) is 9.88. The Hall–Kier alpha value is -2.01. The highest BCUT2D eigenvalue weighted by molar-refractivity contribution is 6.33. The van der Waals surface area contributed by atoms with Gasteiger partial charge >= 0.3 is 6.18 Å². The van der Waals surface area contributed by atoms with Gasteiger partial charge in [0, 0.05) is 16.0 Å². The first-order valence-corrected chi connectivity index (χ1v) is 6.55. The number of aromatic amines is 1. The normalized spacial score (nSPS) is 12.0. The van der Waals surface area contributed by atoms with Gasteiger partial charge in [0.05, 0.1) is 17.3 Å². The van der Waals surface area contributed by atoms with Gasteiger partial charge in [-0.25, -0.2) is 0 Å². The molecule has 0 spiro atoms. The number of hydrogen-bond acceptors (Lipinski definition) is 1. The van der Waals surface area contributed by atoms with Crippen LogP contribution in [0.5, 0.6) is 0 Å². The van der Waals surface area contributed by atoms with E-state index in [1.54, 1.807) is 6.20 Å². The first-order valence-electron chi connectivity index (χ1n) is 6.18. The van der Waals surface area contributed by atoms with Crippen LogP contribution in [0.15, 0.2) is 36.5 Å². The topological polar surface area (TPSA) is 28.7 Å². The van der Waals surface area contributed by atoms with Gasteiger partial charge in [0.1, 0.15) is 0 Å². The summed E-state index contributed by atoms with van der Waals surface area (Å²) in [6, 6.07) is 7.05. The molecule has 2 nitrogen and oxygen atoms in total. The average molecular weight is 311 g/mol. The van der Waals surface area contributed by atoms with E-state index in [1.165, 1.54) is 6.07 Å². The van der Waals surface area contributed by atoms with Crippen LogP contribution in [0.1, 0.15) is 11.1 Å². The fourth-order valence-electron chi connectivity index (χ4n) is 2.36. The third-order valence-corrected chi connectivity index (χ3v) is 3.79. The van der Waals surface area contributed by atoms with E-state index in [0.717, 1.165) is 34.2 Å². The second-order valence-electron chi connectivity index (χ2n) is 4.76. The number of aryl methyl sites for hydroxylation is 1. The van der Waals surface area contributed by atoms with Gasteiger partial charge < -0.3 is 0 Å². The summed E-state index contributed by atoms with van der Waals surface area (Å²) >= 11 is 6.04. The second-order valence-corrected chi connectivity index (χ2v) is 5.17. The van der Waals surface area contributed by atoms with Gasteiger partial charge in [-0.1, -0.05) is 23.7 Å². The van der Waals surface area contributed by atoms with Crippen molar-refractivity contribution in [2.24, 2.45) is 0 Å². The van der Waals surface area contributed by atoms with Crippen LogP contribution in [0.3, 0.4) is 0 Å². The molecule has 21 heavy (non-hydrogen) atoms. The number of rotatable bonds is 1. The molecule has 0 aliphatic heterocycles. The predicted molar refractivity (Wildman–Crippen MR) is 76.3 cm³/mol. The lowest BCUT2D eigenvalue weighted by molar-refractivity contribution is -0.137. The quantitative estimate of drug-likeness (QED) is 0.656. The molecule has 108 valence electrons.